The number of aryl methyl sites for hydroxylation is 2. The fraction of sp³-hybridized carbons (Fsp3) is 0.625. The van der Waals surface area contributed by atoms with Crippen molar-refractivity contribution in [2.75, 3.05) is 5.32 Å². The minimum Gasteiger partial charge on any atom is -0.326 e. The molecule has 1 N–H and O–H groups in total. The second kappa shape index (κ2) is 6.96. The van der Waals surface area contributed by atoms with Crippen molar-refractivity contribution in [3.63, 3.8) is 0 Å². The van der Waals surface area contributed by atoms with Crippen molar-refractivity contribution >= 4 is 23.4 Å². The van der Waals surface area contributed by atoms with Gasteiger partial charge in [0, 0.05) is 17.6 Å². The number of rotatable bonds is 3. The fourth-order valence-corrected chi connectivity index (χ4v) is 6.58. The number of likely N-dealkylation sites (tertiary alicyclic amines) is 1. The summed E-state index contributed by atoms with van der Waals surface area (Å²) in [5, 5.41) is 3.07. The molecule has 1 aromatic rings. The topological polar surface area (TPSA) is 66.5 Å². The lowest BCUT2D eigenvalue weighted by Crippen LogP contribution is -2.44. The van der Waals surface area contributed by atoms with Crippen LogP contribution in [0.25, 0.3) is 0 Å². The van der Waals surface area contributed by atoms with Crippen molar-refractivity contribution in [2.45, 2.75) is 64.8 Å². The molecule has 5 heteroatoms. The van der Waals surface area contributed by atoms with E-state index in [4.69, 9.17) is 0 Å². The van der Waals surface area contributed by atoms with Gasteiger partial charge in [-0.3, -0.25) is 19.3 Å². The Balaban J connectivity index is 1.21. The Hall–Kier alpha value is -2.17. The van der Waals surface area contributed by atoms with E-state index in [-0.39, 0.29) is 41.5 Å². The number of anilines is 1. The monoisotopic (exact) mass is 394 g/mol. The van der Waals surface area contributed by atoms with Crippen molar-refractivity contribution in [2.24, 2.45) is 29.6 Å². The maximum Gasteiger partial charge on any atom is 0.233 e. The molecule has 4 fully saturated rings. The molecule has 1 saturated heterocycles. The van der Waals surface area contributed by atoms with E-state index in [9.17, 15) is 14.4 Å². The minimum atomic E-state index is -0.0459. The molecule has 3 saturated carbocycles. The van der Waals surface area contributed by atoms with Gasteiger partial charge in [-0.25, -0.2) is 0 Å². The largest absolute Gasteiger partial charge is 0.326 e. The Kier molecular flexibility index (Phi) is 4.52. The maximum absolute atomic E-state index is 13.0. The third-order valence-corrected chi connectivity index (χ3v) is 8.03. The van der Waals surface area contributed by atoms with E-state index >= 15 is 0 Å². The first kappa shape index (κ1) is 18.8. The number of hydrogen-bond donors (Lipinski definition) is 1. The van der Waals surface area contributed by atoms with Crippen LogP contribution < -0.4 is 5.32 Å². The molecule has 4 aliphatic rings. The molecule has 3 aliphatic carbocycles. The lowest BCUT2D eigenvalue weighted by atomic mass is 9.81. The second-order valence-corrected chi connectivity index (χ2v) is 9.74. The Morgan fingerprint density at radius 3 is 2.14 bits per heavy atom. The smallest absolute Gasteiger partial charge is 0.233 e. The Morgan fingerprint density at radius 1 is 0.931 bits per heavy atom. The molecule has 3 amide bonds. The summed E-state index contributed by atoms with van der Waals surface area (Å²) >= 11 is 0. The van der Waals surface area contributed by atoms with E-state index in [2.05, 4.69) is 11.4 Å². The lowest BCUT2D eigenvalue weighted by molar-refractivity contribution is -0.144. The quantitative estimate of drug-likeness (QED) is 0.793. The van der Waals surface area contributed by atoms with Gasteiger partial charge >= 0.3 is 0 Å². The van der Waals surface area contributed by atoms with E-state index in [0.29, 0.717) is 11.8 Å². The van der Waals surface area contributed by atoms with Gasteiger partial charge in [0.25, 0.3) is 0 Å². The lowest BCUT2D eigenvalue weighted by Gasteiger charge is -2.33. The van der Waals surface area contributed by atoms with Crippen molar-refractivity contribution in [3.05, 3.63) is 29.3 Å². The summed E-state index contributed by atoms with van der Waals surface area (Å²) in [7, 11) is 0. The highest BCUT2D eigenvalue weighted by Crippen LogP contribution is 2.56. The number of nitrogens with one attached hydrogen (secondary N) is 1. The molecular weight excluding hydrogens is 364 g/mol. The number of imide groups is 1. The first-order valence-corrected chi connectivity index (χ1v) is 11.2. The van der Waals surface area contributed by atoms with Crippen LogP contribution in [-0.4, -0.2) is 28.7 Å². The van der Waals surface area contributed by atoms with Gasteiger partial charge in [-0.15, -0.1) is 0 Å². The summed E-state index contributed by atoms with van der Waals surface area (Å²) in [5.74, 6) is 1.00. The molecular formula is C24H30N2O3. The summed E-state index contributed by atoms with van der Waals surface area (Å²) in [5.41, 5.74) is 3.12. The molecule has 154 valence electrons. The zero-order valence-electron chi connectivity index (χ0n) is 17.3. The van der Waals surface area contributed by atoms with Gasteiger partial charge in [0.15, 0.2) is 0 Å². The third kappa shape index (κ3) is 3.01. The predicted molar refractivity (Wildman–Crippen MR) is 110 cm³/mol. The van der Waals surface area contributed by atoms with Crippen LogP contribution in [0.5, 0.6) is 0 Å². The number of hydrogen-bond acceptors (Lipinski definition) is 3. The molecule has 5 rings (SSSR count). The highest BCUT2D eigenvalue weighted by molar-refractivity contribution is 6.06. The van der Waals surface area contributed by atoms with Crippen LogP contribution in [0.3, 0.4) is 0 Å². The Labute approximate surface area is 172 Å². The summed E-state index contributed by atoms with van der Waals surface area (Å²) in [4.78, 5) is 40.4. The first-order valence-electron chi connectivity index (χ1n) is 11.2. The van der Waals surface area contributed by atoms with Crippen LogP contribution in [-0.2, 0) is 14.4 Å². The van der Waals surface area contributed by atoms with Gasteiger partial charge in [0.1, 0.15) is 0 Å². The summed E-state index contributed by atoms with van der Waals surface area (Å²) < 4.78 is 0. The van der Waals surface area contributed by atoms with E-state index in [1.54, 1.807) is 4.90 Å². The molecule has 29 heavy (non-hydrogen) atoms. The normalized spacial score (nSPS) is 35.9. The molecule has 5 nitrogen and oxygen atoms in total. The molecule has 0 unspecified atom stereocenters. The van der Waals surface area contributed by atoms with Crippen LogP contribution in [0.4, 0.5) is 5.69 Å². The summed E-state index contributed by atoms with van der Waals surface area (Å²) in [6, 6.07) is 6.03. The minimum absolute atomic E-state index is 0.00911. The summed E-state index contributed by atoms with van der Waals surface area (Å²) in [6.07, 6.45) is 6.27. The Bertz CT molecular complexity index is 843. The van der Waals surface area contributed by atoms with Crippen molar-refractivity contribution in [3.8, 4) is 0 Å². The van der Waals surface area contributed by atoms with Crippen LogP contribution >= 0.6 is 0 Å². The number of carbonyl (C=O) groups excluding carboxylic acids is 3. The van der Waals surface area contributed by atoms with E-state index in [1.807, 2.05) is 26.0 Å². The van der Waals surface area contributed by atoms with Crippen LogP contribution in [0.2, 0.25) is 0 Å². The highest BCUT2D eigenvalue weighted by Gasteiger charge is 2.61. The van der Waals surface area contributed by atoms with Gasteiger partial charge < -0.3 is 5.32 Å². The Morgan fingerprint density at radius 2 is 1.55 bits per heavy atom. The molecule has 2 bridgehead atoms. The number of fused-ring (bicyclic) bond motifs is 5. The fourth-order valence-electron chi connectivity index (χ4n) is 6.58. The van der Waals surface area contributed by atoms with E-state index < -0.39 is 0 Å². The van der Waals surface area contributed by atoms with Gasteiger partial charge in [-0.05, 0) is 82.3 Å². The van der Waals surface area contributed by atoms with Crippen molar-refractivity contribution < 1.29 is 14.4 Å². The molecule has 0 spiro atoms. The second-order valence-electron chi connectivity index (χ2n) is 9.74. The van der Waals surface area contributed by atoms with Crippen LogP contribution in [0.1, 0.15) is 56.1 Å². The average molecular weight is 395 g/mol. The van der Waals surface area contributed by atoms with E-state index in [0.717, 1.165) is 56.2 Å². The average Bonchev–Trinajstić information content (AvgIpc) is 3.38. The third-order valence-electron chi connectivity index (χ3n) is 8.03. The summed E-state index contributed by atoms with van der Waals surface area (Å²) in [6.45, 7) is 4.05. The molecule has 1 aromatic carbocycles. The molecule has 0 radical (unpaired) electrons. The zero-order valence-corrected chi connectivity index (χ0v) is 17.3. The molecule has 1 heterocycles. The number of nitrogens with zero attached hydrogens (tertiary/aromatic N) is 1. The van der Waals surface area contributed by atoms with Crippen molar-refractivity contribution in [1.29, 1.82) is 0 Å². The number of amides is 3. The molecule has 4 atom stereocenters. The first-order chi connectivity index (χ1) is 13.9. The predicted octanol–water partition coefficient (Wildman–Crippen LogP) is 3.83. The SMILES string of the molecule is Cc1ccc(NC(=O)C2CCC(N3C(=O)[C@@H]4[C@H]5CC[C@@H](C5)[C@@H]4C3=O)CC2)c(C)c1. The molecule has 0 aromatic heterocycles. The van der Waals surface area contributed by atoms with Gasteiger partial charge in [0.2, 0.25) is 17.7 Å². The molecule has 1 aliphatic heterocycles. The number of carbonyl (C=O) groups is 3. The van der Waals surface area contributed by atoms with Crippen molar-refractivity contribution in [1.82, 2.24) is 4.90 Å². The van der Waals surface area contributed by atoms with Gasteiger partial charge in [-0.2, -0.15) is 0 Å². The van der Waals surface area contributed by atoms with Crippen LogP contribution in [0.15, 0.2) is 18.2 Å². The van der Waals surface area contributed by atoms with Gasteiger partial charge in [0.05, 0.1) is 11.8 Å². The van der Waals surface area contributed by atoms with E-state index in [1.165, 1.54) is 5.56 Å². The standard InChI is InChI=1S/C24H30N2O3/c1-13-3-10-19(14(2)11-13)25-22(27)15-6-8-18(9-7-15)26-23(28)20-16-4-5-17(12-16)21(20)24(26)29/h3,10-11,15-18,20-21H,4-9,12H2,1-2H3,(H,25,27)/t15?,16-,17-,18?,20-,21+/m0/s1. The highest BCUT2D eigenvalue weighted by atomic mass is 16.2. The van der Waals surface area contributed by atoms with Gasteiger partial charge in [-0.1, -0.05) is 17.7 Å². The number of benzene rings is 1. The zero-order chi connectivity index (χ0) is 20.3. The maximum atomic E-state index is 13.0. The van der Waals surface area contributed by atoms with Crippen LogP contribution in [0, 0.1) is 43.4 Å².